The number of thioether (sulfide) groups is 1. The Hall–Kier alpha value is -3.38. The van der Waals surface area contributed by atoms with Gasteiger partial charge in [-0.3, -0.25) is 19.4 Å². The van der Waals surface area contributed by atoms with Gasteiger partial charge in [0.15, 0.2) is 0 Å². The lowest BCUT2D eigenvalue weighted by Crippen LogP contribution is -2.33. The maximum absolute atomic E-state index is 13.2. The maximum Gasteiger partial charge on any atom is 0.333 e. The SMILES string of the molecule is Cc1ccc(C(=O)SCN2C(=O)C(c3ccccc3)N(c3ccccc3)C2=O)cc1. The van der Waals surface area contributed by atoms with Crippen molar-refractivity contribution >= 4 is 34.5 Å². The number of carbonyl (C=O) groups excluding carboxylic acids is 3. The highest BCUT2D eigenvalue weighted by molar-refractivity contribution is 8.14. The fraction of sp³-hybridized carbons (Fsp3) is 0.125. The first-order valence-corrected chi connectivity index (χ1v) is 10.5. The van der Waals surface area contributed by atoms with Crippen molar-refractivity contribution in [2.45, 2.75) is 13.0 Å². The van der Waals surface area contributed by atoms with Crippen LogP contribution in [0.15, 0.2) is 84.9 Å². The molecule has 150 valence electrons. The van der Waals surface area contributed by atoms with Crippen LogP contribution >= 0.6 is 11.8 Å². The zero-order valence-corrected chi connectivity index (χ0v) is 17.2. The average molecular weight is 417 g/mol. The van der Waals surface area contributed by atoms with Crippen LogP contribution in [0.4, 0.5) is 10.5 Å². The van der Waals surface area contributed by atoms with Crippen LogP contribution < -0.4 is 4.90 Å². The third-order valence-electron chi connectivity index (χ3n) is 4.96. The van der Waals surface area contributed by atoms with E-state index in [2.05, 4.69) is 0 Å². The van der Waals surface area contributed by atoms with Crippen LogP contribution in [0.1, 0.15) is 27.5 Å². The number of imide groups is 1. The minimum atomic E-state index is -0.754. The number of para-hydroxylation sites is 1. The molecule has 1 fully saturated rings. The second-order valence-electron chi connectivity index (χ2n) is 6.99. The van der Waals surface area contributed by atoms with Crippen molar-refractivity contribution < 1.29 is 14.4 Å². The second-order valence-corrected chi connectivity index (χ2v) is 7.91. The third-order valence-corrected chi connectivity index (χ3v) is 5.84. The Morgan fingerprint density at radius 2 is 1.47 bits per heavy atom. The lowest BCUT2D eigenvalue weighted by molar-refractivity contribution is -0.126. The first kappa shape index (κ1) is 19.9. The minimum Gasteiger partial charge on any atom is -0.282 e. The zero-order valence-electron chi connectivity index (χ0n) is 16.4. The summed E-state index contributed by atoms with van der Waals surface area (Å²) in [5.41, 5.74) is 2.98. The first-order valence-electron chi connectivity index (χ1n) is 9.54. The third kappa shape index (κ3) is 3.86. The fourth-order valence-corrected chi connectivity index (χ4v) is 4.17. The van der Waals surface area contributed by atoms with E-state index in [9.17, 15) is 14.4 Å². The Balaban J connectivity index is 1.59. The Morgan fingerprint density at radius 3 is 2.10 bits per heavy atom. The summed E-state index contributed by atoms with van der Waals surface area (Å²) in [6.07, 6.45) is 0. The van der Waals surface area contributed by atoms with Crippen LogP contribution in [0.5, 0.6) is 0 Å². The number of urea groups is 1. The minimum absolute atomic E-state index is 0.0307. The molecule has 1 saturated heterocycles. The van der Waals surface area contributed by atoms with Gasteiger partial charge < -0.3 is 0 Å². The normalized spacial score (nSPS) is 16.2. The molecule has 1 aliphatic heterocycles. The lowest BCUT2D eigenvalue weighted by Gasteiger charge is -2.22. The van der Waals surface area contributed by atoms with E-state index >= 15 is 0 Å². The van der Waals surface area contributed by atoms with E-state index in [1.807, 2.05) is 67.6 Å². The molecule has 3 amide bonds. The van der Waals surface area contributed by atoms with Gasteiger partial charge in [-0.15, -0.1) is 0 Å². The Labute approximate surface area is 179 Å². The van der Waals surface area contributed by atoms with Crippen molar-refractivity contribution in [3.8, 4) is 0 Å². The van der Waals surface area contributed by atoms with Gasteiger partial charge in [-0.25, -0.2) is 4.79 Å². The van der Waals surface area contributed by atoms with Crippen molar-refractivity contribution in [1.29, 1.82) is 0 Å². The zero-order chi connectivity index (χ0) is 21.1. The summed E-state index contributed by atoms with van der Waals surface area (Å²) >= 11 is 0.953. The van der Waals surface area contributed by atoms with Gasteiger partial charge >= 0.3 is 6.03 Å². The summed E-state index contributed by atoms with van der Waals surface area (Å²) in [6, 6.07) is 24.4. The molecule has 30 heavy (non-hydrogen) atoms. The van der Waals surface area contributed by atoms with Gasteiger partial charge in [-0.1, -0.05) is 90.1 Å². The number of carbonyl (C=O) groups is 3. The highest BCUT2D eigenvalue weighted by Gasteiger charge is 2.46. The number of amides is 3. The van der Waals surface area contributed by atoms with E-state index in [4.69, 9.17) is 0 Å². The monoisotopic (exact) mass is 416 g/mol. The van der Waals surface area contributed by atoms with Crippen LogP contribution in [-0.2, 0) is 4.79 Å². The van der Waals surface area contributed by atoms with Gasteiger partial charge in [0.1, 0.15) is 6.04 Å². The van der Waals surface area contributed by atoms with Gasteiger partial charge in [0.05, 0.1) is 5.88 Å². The number of aryl methyl sites for hydroxylation is 1. The van der Waals surface area contributed by atoms with E-state index in [1.54, 1.807) is 24.3 Å². The molecule has 0 aliphatic carbocycles. The topological polar surface area (TPSA) is 57.7 Å². The van der Waals surface area contributed by atoms with E-state index in [0.29, 0.717) is 11.3 Å². The molecule has 4 rings (SSSR count). The summed E-state index contributed by atoms with van der Waals surface area (Å²) < 4.78 is 0. The van der Waals surface area contributed by atoms with Crippen molar-refractivity contribution in [2.75, 3.05) is 10.8 Å². The molecule has 6 heteroatoms. The van der Waals surface area contributed by atoms with Crippen molar-refractivity contribution in [1.82, 2.24) is 4.90 Å². The number of hydrogen-bond donors (Lipinski definition) is 0. The van der Waals surface area contributed by atoms with Crippen molar-refractivity contribution in [3.05, 3.63) is 102 Å². The number of anilines is 1. The van der Waals surface area contributed by atoms with Crippen LogP contribution in [0.2, 0.25) is 0 Å². The quantitative estimate of drug-likeness (QED) is 0.547. The predicted molar refractivity (Wildman–Crippen MR) is 118 cm³/mol. The van der Waals surface area contributed by atoms with E-state index in [0.717, 1.165) is 27.8 Å². The average Bonchev–Trinajstić information content (AvgIpc) is 3.03. The standard InChI is InChI=1S/C24H20N2O3S/c1-17-12-14-19(15-13-17)23(28)30-16-25-22(27)21(18-8-4-2-5-9-18)26(24(25)29)20-10-6-3-7-11-20/h2-15,21H,16H2,1H3. The fourth-order valence-electron chi connectivity index (χ4n) is 3.38. The van der Waals surface area contributed by atoms with Gasteiger partial charge in [0, 0.05) is 11.3 Å². The van der Waals surface area contributed by atoms with Crippen LogP contribution in [0.25, 0.3) is 0 Å². The molecule has 0 aromatic heterocycles. The molecule has 1 aliphatic rings. The number of benzene rings is 3. The van der Waals surface area contributed by atoms with Gasteiger partial charge in [0.2, 0.25) is 5.12 Å². The summed E-state index contributed by atoms with van der Waals surface area (Å²) in [5, 5.41) is -0.176. The van der Waals surface area contributed by atoms with E-state index in [1.165, 1.54) is 4.90 Å². The Bertz CT molecular complexity index is 1010. The van der Waals surface area contributed by atoms with Crippen molar-refractivity contribution in [2.24, 2.45) is 0 Å². The van der Waals surface area contributed by atoms with Crippen LogP contribution in [0.3, 0.4) is 0 Å². The Morgan fingerprint density at radius 1 is 0.867 bits per heavy atom. The molecule has 1 heterocycles. The first-order chi connectivity index (χ1) is 14.6. The molecule has 0 radical (unpaired) electrons. The largest absolute Gasteiger partial charge is 0.333 e. The molecular formula is C24H20N2O3S. The molecule has 0 bridgehead atoms. The molecule has 1 unspecified atom stereocenters. The van der Waals surface area contributed by atoms with Crippen LogP contribution in [0, 0.1) is 6.92 Å². The summed E-state index contributed by atoms with van der Waals surface area (Å²) in [4.78, 5) is 41.6. The number of rotatable bonds is 5. The highest BCUT2D eigenvalue weighted by atomic mass is 32.2. The molecular weight excluding hydrogens is 396 g/mol. The predicted octanol–water partition coefficient (Wildman–Crippen LogP) is 5.04. The Kier molecular flexibility index (Phi) is 5.68. The summed E-state index contributed by atoms with van der Waals surface area (Å²) in [7, 11) is 0. The maximum atomic E-state index is 13.2. The smallest absolute Gasteiger partial charge is 0.282 e. The second kappa shape index (κ2) is 8.55. The molecule has 5 nitrogen and oxygen atoms in total. The van der Waals surface area contributed by atoms with Crippen molar-refractivity contribution in [3.63, 3.8) is 0 Å². The molecule has 1 atom stereocenters. The van der Waals surface area contributed by atoms with E-state index in [-0.39, 0.29) is 16.9 Å². The molecule has 0 N–H and O–H groups in total. The van der Waals surface area contributed by atoms with Gasteiger partial charge in [-0.05, 0) is 24.6 Å². The molecule has 0 spiro atoms. The summed E-state index contributed by atoms with van der Waals surface area (Å²) in [6.45, 7) is 1.95. The highest BCUT2D eigenvalue weighted by Crippen LogP contribution is 2.36. The summed E-state index contributed by atoms with van der Waals surface area (Å²) in [5.74, 6) is -0.365. The lowest BCUT2D eigenvalue weighted by atomic mass is 10.1. The van der Waals surface area contributed by atoms with E-state index < -0.39 is 12.1 Å². The van der Waals surface area contributed by atoms with Gasteiger partial charge in [0.25, 0.3) is 5.91 Å². The molecule has 0 saturated carbocycles. The molecule has 3 aromatic carbocycles. The van der Waals surface area contributed by atoms with Crippen LogP contribution in [-0.4, -0.2) is 27.8 Å². The number of hydrogen-bond acceptors (Lipinski definition) is 4. The van der Waals surface area contributed by atoms with Gasteiger partial charge in [-0.2, -0.15) is 0 Å². The number of nitrogens with zero attached hydrogens (tertiary/aromatic N) is 2. The molecule has 3 aromatic rings.